The van der Waals surface area contributed by atoms with Crippen LogP contribution in [0.5, 0.6) is 0 Å². The van der Waals surface area contributed by atoms with Crippen molar-refractivity contribution in [2.75, 3.05) is 6.54 Å². The number of likely N-dealkylation sites (tertiary alicyclic amines) is 1. The normalized spacial score (nSPS) is 22.5. The van der Waals surface area contributed by atoms with Crippen molar-refractivity contribution in [3.63, 3.8) is 0 Å². The summed E-state index contributed by atoms with van der Waals surface area (Å²) in [6.45, 7) is 6.46. The number of allylic oxidation sites excluding steroid dienone is 1. The van der Waals surface area contributed by atoms with Gasteiger partial charge in [-0.15, -0.1) is 6.58 Å². The van der Waals surface area contributed by atoms with E-state index in [1.807, 2.05) is 17.0 Å². The Morgan fingerprint density at radius 1 is 1.47 bits per heavy atom. The maximum atomic E-state index is 12.9. The second-order valence-electron chi connectivity index (χ2n) is 5.21. The predicted molar refractivity (Wildman–Crippen MR) is 74.4 cm³/mol. The Labute approximate surface area is 113 Å². The van der Waals surface area contributed by atoms with Gasteiger partial charge in [0, 0.05) is 24.9 Å². The van der Waals surface area contributed by atoms with Crippen LogP contribution in [-0.4, -0.2) is 23.4 Å². The molecule has 0 aliphatic carbocycles. The van der Waals surface area contributed by atoms with Crippen molar-refractivity contribution in [2.45, 2.75) is 38.1 Å². The van der Waals surface area contributed by atoms with Crippen LogP contribution in [0.25, 0.3) is 0 Å². The molecule has 2 nitrogen and oxygen atoms in total. The first kappa shape index (κ1) is 13.8. The number of hydrogen-bond donors (Lipinski definition) is 0. The van der Waals surface area contributed by atoms with Crippen LogP contribution in [0.2, 0.25) is 0 Å². The summed E-state index contributed by atoms with van der Waals surface area (Å²) in [7, 11) is 0. The van der Waals surface area contributed by atoms with Gasteiger partial charge in [0.25, 0.3) is 0 Å². The minimum Gasteiger partial charge on any atom is -0.339 e. The van der Waals surface area contributed by atoms with E-state index < -0.39 is 0 Å². The summed E-state index contributed by atoms with van der Waals surface area (Å²) in [5.41, 5.74) is 1.12. The zero-order valence-electron chi connectivity index (χ0n) is 11.3. The third-order valence-electron chi connectivity index (χ3n) is 3.80. The molecule has 0 N–H and O–H groups in total. The van der Waals surface area contributed by atoms with E-state index in [1.165, 1.54) is 12.1 Å². The van der Waals surface area contributed by atoms with Crippen LogP contribution in [0.3, 0.4) is 0 Å². The molecule has 3 heteroatoms. The molecule has 1 heterocycles. The maximum absolute atomic E-state index is 12.9. The summed E-state index contributed by atoms with van der Waals surface area (Å²) >= 11 is 0. The second kappa shape index (κ2) is 6.00. The van der Waals surface area contributed by atoms with Crippen LogP contribution in [0.4, 0.5) is 4.39 Å². The first-order valence-corrected chi connectivity index (χ1v) is 6.77. The highest BCUT2D eigenvalue weighted by Gasteiger charge is 2.32. The molecule has 0 radical (unpaired) electrons. The SMILES string of the molecule is C=CCCC(=O)N1CC(c2ccc(F)cc2)CC1C. The summed E-state index contributed by atoms with van der Waals surface area (Å²) in [5, 5.41) is 0. The molecule has 2 unspecified atom stereocenters. The molecule has 1 aromatic carbocycles. The Kier molecular flexibility index (Phi) is 4.35. The molecule has 19 heavy (non-hydrogen) atoms. The molecular weight excluding hydrogens is 241 g/mol. The monoisotopic (exact) mass is 261 g/mol. The molecule has 0 spiro atoms. The van der Waals surface area contributed by atoms with Gasteiger partial charge in [-0.1, -0.05) is 18.2 Å². The van der Waals surface area contributed by atoms with Gasteiger partial charge in [-0.25, -0.2) is 4.39 Å². The zero-order valence-corrected chi connectivity index (χ0v) is 11.3. The van der Waals surface area contributed by atoms with E-state index >= 15 is 0 Å². The Morgan fingerprint density at radius 2 is 2.16 bits per heavy atom. The highest BCUT2D eigenvalue weighted by molar-refractivity contribution is 5.77. The van der Waals surface area contributed by atoms with Crippen LogP contribution in [0.1, 0.15) is 37.7 Å². The van der Waals surface area contributed by atoms with Crippen molar-refractivity contribution in [1.29, 1.82) is 0 Å². The minimum atomic E-state index is -0.214. The molecule has 1 aliphatic heterocycles. The molecule has 2 atom stereocenters. The van der Waals surface area contributed by atoms with Crippen molar-refractivity contribution in [3.8, 4) is 0 Å². The molecule has 2 rings (SSSR count). The number of halogens is 1. The van der Waals surface area contributed by atoms with Crippen LogP contribution >= 0.6 is 0 Å². The summed E-state index contributed by atoms with van der Waals surface area (Å²) in [6.07, 6.45) is 3.98. The highest BCUT2D eigenvalue weighted by atomic mass is 19.1. The van der Waals surface area contributed by atoms with Crippen molar-refractivity contribution in [1.82, 2.24) is 4.90 Å². The van der Waals surface area contributed by atoms with Gasteiger partial charge in [0.15, 0.2) is 0 Å². The molecular formula is C16H20FNO. The Morgan fingerprint density at radius 3 is 2.79 bits per heavy atom. The van der Waals surface area contributed by atoms with Crippen LogP contribution in [0, 0.1) is 5.82 Å². The van der Waals surface area contributed by atoms with Gasteiger partial charge in [0.05, 0.1) is 0 Å². The molecule has 1 aliphatic rings. The lowest BCUT2D eigenvalue weighted by molar-refractivity contribution is -0.131. The number of carbonyl (C=O) groups is 1. The number of rotatable bonds is 4. The average Bonchev–Trinajstić information content (AvgIpc) is 2.79. The van der Waals surface area contributed by atoms with Gasteiger partial charge in [0.2, 0.25) is 5.91 Å². The number of carbonyl (C=O) groups excluding carboxylic acids is 1. The zero-order chi connectivity index (χ0) is 13.8. The van der Waals surface area contributed by atoms with Crippen LogP contribution in [-0.2, 0) is 4.79 Å². The maximum Gasteiger partial charge on any atom is 0.223 e. The molecule has 1 saturated heterocycles. The largest absolute Gasteiger partial charge is 0.339 e. The van der Waals surface area contributed by atoms with Gasteiger partial charge >= 0.3 is 0 Å². The molecule has 0 aromatic heterocycles. The fourth-order valence-electron chi connectivity index (χ4n) is 2.72. The van der Waals surface area contributed by atoms with E-state index in [-0.39, 0.29) is 17.8 Å². The van der Waals surface area contributed by atoms with Crippen LogP contribution < -0.4 is 0 Å². The lowest BCUT2D eigenvalue weighted by atomic mass is 9.97. The number of benzene rings is 1. The molecule has 0 bridgehead atoms. The van der Waals surface area contributed by atoms with Gasteiger partial charge in [-0.2, -0.15) is 0 Å². The smallest absolute Gasteiger partial charge is 0.223 e. The fraction of sp³-hybridized carbons (Fsp3) is 0.438. The van der Waals surface area contributed by atoms with E-state index in [0.717, 1.165) is 24.9 Å². The van der Waals surface area contributed by atoms with E-state index in [1.54, 1.807) is 6.08 Å². The van der Waals surface area contributed by atoms with Crippen molar-refractivity contribution < 1.29 is 9.18 Å². The van der Waals surface area contributed by atoms with Gasteiger partial charge in [-0.3, -0.25) is 4.79 Å². The summed E-state index contributed by atoms with van der Waals surface area (Å²) < 4.78 is 12.9. The first-order chi connectivity index (χ1) is 9.11. The molecule has 102 valence electrons. The number of hydrogen-bond acceptors (Lipinski definition) is 1. The van der Waals surface area contributed by atoms with Crippen molar-refractivity contribution in [2.24, 2.45) is 0 Å². The molecule has 1 amide bonds. The number of amides is 1. The van der Waals surface area contributed by atoms with Crippen LogP contribution in [0.15, 0.2) is 36.9 Å². The molecule has 0 saturated carbocycles. The van der Waals surface area contributed by atoms with E-state index in [9.17, 15) is 9.18 Å². The van der Waals surface area contributed by atoms with E-state index in [0.29, 0.717) is 12.3 Å². The van der Waals surface area contributed by atoms with Gasteiger partial charge in [0.1, 0.15) is 5.82 Å². The third-order valence-corrected chi connectivity index (χ3v) is 3.80. The highest BCUT2D eigenvalue weighted by Crippen LogP contribution is 2.32. The Hall–Kier alpha value is -1.64. The lowest BCUT2D eigenvalue weighted by Gasteiger charge is -2.21. The van der Waals surface area contributed by atoms with E-state index in [4.69, 9.17) is 0 Å². The minimum absolute atomic E-state index is 0.192. The molecule has 1 fully saturated rings. The van der Waals surface area contributed by atoms with Crippen molar-refractivity contribution in [3.05, 3.63) is 48.3 Å². The van der Waals surface area contributed by atoms with Gasteiger partial charge in [-0.05, 0) is 37.5 Å². The quantitative estimate of drug-likeness (QED) is 0.760. The van der Waals surface area contributed by atoms with E-state index in [2.05, 4.69) is 13.5 Å². The average molecular weight is 261 g/mol. The lowest BCUT2D eigenvalue weighted by Crippen LogP contribution is -2.33. The number of nitrogens with zero attached hydrogens (tertiary/aromatic N) is 1. The standard InChI is InChI=1S/C16H20FNO/c1-3-4-5-16(19)18-11-14(10-12(18)2)13-6-8-15(17)9-7-13/h3,6-9,12,14H,1,4-5,10-11H2,2H3. The summed E-state index contributed by atoms with van der Waals surface area (Å²) in [4.78, 5) is 14.0. The molecule has 1 aromatic rings. The van der Waals surface area contributed by atoms with Gasteiger partial charge < -0.3 is 4.90 Å². The second-order valence-corrected chi connectivity index (χ2v) is 5.21. The topological polar surface area (TPSA) is 20.3 Å². The predicted octanol–water partition coefficient (Wildman–Crippen LogP) is 3.50. The Balaban J connectivity index is 2.02. The third kappa shape index (κ3) is 3.22. The first-order valence-electron chi connectivity index (χ1n) is 6.77. The van der Waals surface area contributed by atoms with Crippen molar-refractivity contribution >= 4 is 5.91 Å². The fourth-order valence-corrected chi connectivity index (χ4v) is 2.72. The Bertz CT molecular complexity index is 454. The summed E-state index contributed by atoms with van der Waals surface area (Å²) in [6, 6.07) is 6.88. The summed E-state index contributed by atoms with van der Waals surface area (Å²) in [5.74, 6) is 0.300.